The molecule has 0 atom stereocenters. The zero-order chi connectivity index (χ0) is 13.9. The highest BCUT2D eigenvalue weighted by Crippen LogP contribution is 2.31. The summed E-state index contributed by atoms with van der Waals surface area (Å²) >= 11 is 0. The Hall–Kier alpha value is -1.96. The number of rotatable bonds is 2. The van der Waals surface area contributed by atoms with E-state index in [0.717, 1.165) is 30.3 Å². The number of anilines is 2. The van der Waals surface area contributed by atoms with Gasteiger partial charge in [-0.3, -0.25) is 0 Å². The van der Waals surface area contributed by atoms with Crippen molar-refractivity contribution in [3.63, 3.8) is 0 Å². The third-order valence-electron chi connectivity index (χ3n) is 4.27. The summed E-state index contributed by atoms with van der Waals surface area (Å²) in [5.41, 5.74) is 10.6. The number of piperidine rings is 1. The third kappa shape index (κ3) is 2.64. The van der Waals surface area contributed by atoms with Gasteiger partial charge in [0.25, 0.3) is 0 Å². The van der Waals surface area contributed by atoms with Gasteiger partial charge in [-0.15, -0.1) is 0 Å². The minimum Gasteiger partial charge on any atom is -0.398 e. The number of benzene rings is 2. The topological polar surface area (TPSA) is 29.3 Å². The molecule has 0 aromatic heterocycles. The number of nitrogens with two attached hydrogens (primary N) is 1. The highest BCUT2D eigenvalue weighted by molar-refractivity contribution is 5.79. The van der Waals surface area contributed by atoms with Crippen LogP contribution in [0.5, 0.6) is 0 Å². The minimum absolute atomic E-state index is 0.852. The highest BCUT2D eigenvalue weighted by Gasteiger charge is 2.16. The van der Waals surface area contributed by atoms with Crippen LogP contribution in [0, 0.1) is 5.92 Å². The maximum absolute atomic E-state index is 6.15. The summed E-state index contributed by atoms with van der Waals surface area (Å²) in [7, 11) is 0. The molecule has 0 unspecified atom stereocenters. The van der Waals surface area contributed by atoms with E-state index in [0.29, 0.717) is 0 Å². The summed E-state index contributed by atoms with van der Waals surface area (Å²) in [5, 5.41) is 0. The second-order valence-corrected chi connectivity index (χ2v) is 5.81. The predicted molar refractivity (Wildman–Crippen MR) is 86.9 cm³/mol. The van der Waals surface area contributed by atoms with Crippen molar-refractivity contribution in [3.05, 3.63) is 48.5 Å². The summed E-state index contributed by atoms with van der Waals surface area (Å²) in [6.07, 6.45) is 2.57. The standard InChI is InChI=1S/C18H22N2/c1-14-9-11-20(12-10-14)16-7-8-18(19)17(13-16)15-5-3-2-4-6-15/h2-8,13-14H,9-12,19H2,1H3. The van der Waals surface area contributed by atoms with Crippen LogP contribution in [0.4, 0.5) is 11.4 Å². The van der Waals surface area contributed by atoms with Crippen molar-refractivity contribution >= 4 is 11.4 Å². The second-order valence-electron chi connectivity index (χ2n) is 5.81. The van der Waals surface area contributed by atoms with E-state index in [9.17, 15) is 0 Å². The first-order chi connectivity index (χ1) is 9.74. The van der Waals surface area contributed by atoms with Gasteiger partial charge in [0.15, 0.2) is 0 Å². The first-order valence-corrected chi connectivity index (χ1v) is 7.44. The van der Waals surface area contributed by atoms with Crippen LogP contribution < -0.4 is 10.6 Å². The van der Waals surface area contributed by atoms with Crippen molar-refractivity contribution in [3.8, 4) is 11.1 Å². The van der Waals surface area contributed by atoms with Gasteiger partial charge in [-0.1, -0.05) is 37.3 Å². The van der Waals surface area contributed by atoms with Gasteiger partial charge >= 0.3 is 0 Å². The number of nitrogen functional groups attached to an aromatic ring is 1. The fraction of sp³-hybridized carbons (Fsp3) is 0.333. The van der Waals surface area contributed by atoms with E-state index in [1.165, 1.54) is 24.1 Å². The molecule has 1 saturated heterocycles. The van der Waals surface area contributed by atoms with Crippen LogP contribution in [0.2, 0.25) is 0 Å². The van der Waals surface area contributed by atoms with Gasteiger partial charge in [0, 0.05) is 30.0 Å². The molecule has 1 aliphatic rings. The van der Waals surface area contributed by atoms with Crippen molar-refractivity contribution in [2.24, 2.45) is 5.92 Å². The second kappa shape index (κ2) is 5.58. The monoisotopic (exact) mass is 266 g/mol. The van der Waals surface area contributed by atoms with E-state index in [-0.39, 0.29) is 0 Å². The molecule has 0 aliphatic carbocycles. The first kappa shape index (κ1) is 13.0. The van der Waals surface area contributed by atoms with Crippen LogP contribution in [0.15, 0.2) is 48.5 Å². The molecular weight excluding hydrogens is 244 g/mol. The fourth-order valence-corrected chi connectivity index (χ4v) is 2.88. The molecule has 1 fully saturated rings. The first-order valence-electron chi connectivity index (χ1n) is 7.44. The molecule has 1 heterocycles. The average molecular weight is 266 g/mol. The maximum atomic E-state index is 6.15. The molecular formula is C18H22N2. The van der Waals surface area contributed by atoms with E-state index in [1.807, 2.05) is 12.1 Å². The van der Waals surface area contributed by atoms with E-state index in [1.54, 1.807) is 0 Å². The third-order valence-corrected chi connectivity index (χ3v) is 4.27. The van der Waals surface area contributed by atoms with E-state index >= 15 is 0 Å². The lowest BCUT2D eigenvalue weighted by Crippen LogP contribution is -2.32. The Morgan fingerprint density at radius 3 is 2.40 bits per heavy atom. The van der Waals surface area contributed by atoms with Crippen molar-refractivity contribution < 1.29 is 0 Å². The smallest absolute Gasteiger partial charge is 0.0395 e. The van der Waals surface area contributed by atoms with Gasteiger partial charge in [-0.05, 0) is 42.5 Å². The van der Waals surface area contributed by atoms with E-state index in [2.05, 4.69) is 48.2 Å². The van der Waals surface area contributed by atoms with Crippen LogP contribution in [-0.4, -0.2) is 13.1 Å². The van der Waals surface area contributed by atoms with Crippen molar-refractivity contribution in [1.29, 1.82) is 0 Å². The highest BCUT2D eigenvalue weighted by atomic mass is 15.1. The van der Waals surface area contributed by atoms with Crippen LogP contribution in [0.25, 0.3) is 11.1 Å². The molecule has 20 heavy (non-hydrogen) atoms. The molecule has 3 rings (SSSR count). The SMILES string of the molecule is CC1CCN(c2ccc(N)c(-c3ccccc3)c2)CC1. The largest absolute Gasteiger partial charge is 0.398 e. The summed E-state index contributed by atoms with van der Waals surface area (Å²) < 4.78 is 0. The molecule has 0 radical (unpaired) electrons. The molecule has 2 aromatic rings. The van der Waals surface area contributed by atoms with Gasteiger partial charge in [-0.2, -0.15) is 0 Å². The molecule has 0 saturated carbocycles. The molecule has 2 heteroatoms. The quantitative estimate of drug-likeness (QED) is 0.826. The van der Waals surface area contributed by atoms with Crippen molar-refractivity contribution in [1.82, 2.24) is 0 Å². The molecule has 0 bridgehead atoms. The van der Waals surface area contributed by atoms with Crippen LogP contribution in [0.3, 0.4) is 0 Å². The molecule has 104 valence electrons. The lowest BCUT2D eigenvalue weighted by Gasteiger charge is -2.32. The normalized spacial score (nSPS) is 16.4. The molecule has 2 nitrogen and oxygen atoms in total. The minimum atomic E-state index is 0.852. The molecule has 0 amide bonds. The number of hydrogen-bond donors (Lipinski definition) is 1. The summed E-state index contributed by atoms with van der Waals surface area (Å²) in [5.74, 6) is 0.855. The van der Waals surface area contributed by atoms with Gasteiger partial charge < -0.3 is 10.6 Å². The number of nitrogens with zero attached hydrogens (tertiary/aromatic N) is 1. The number of hydrogen-bond acceptors (Lipinski definition) is 2. The Morgan fingerprint density at radius 2 is 1.70 bits per heavy atom. The Morgan fingerprint density at radius 1 is 1.00 bits per heavy atom. The molecule has 0 spiro atoms. The molecule has 2 N–H and O–H groups in total. The average Bonchev–Trinajstić information content (AvgIpc) is 2.50. The molecule has 2 aromatic carbocycles. The lowest BCUT2D eigenvalue weighted by atomic mass is 9.97. The summed E-state index contributed by atoms with van der Waals surface area (Å²) in [6, 6.07) is 16.8. The lowest BCUT2D eigenvalue weighted by molar-refractivity contribution is 0.438. The zero-order valence-corrected chi connectivity index (χ0v) is 12.0. The fourth-order valence-electron chi connectivity index (χ4n) is 2.88. The zero-order valence-electron chi connectivity index (χ0n) is 12.0. The van der Waals surface area contributed by atoms with E-state index < -0.39 is 0 Å². The molecule has 1 aliphatic heterocycles. The van der Waals surface area contributed by atoms with Gasteiger partial charge in [-0.25, -0.2) is 0 Å². The Balaban J connectivity index is 1.91. The Bertz CT molecular complexity index is 569. The maximum Gasteiger partial charge on any atom is 0.0395 e. The van der Waals surface area contributed by atoms with E-state index in [4.69, 9.17) is 5.73 Å². The van der Waals surface area contributed by atoms with Crippen LogP contribution >= 0.6 is 0 Å². The predicted octanol–water partition coefficient (Wildman–Crippen LogP) is 4.17. The Kier molecular flexibility index (Phi) is 3.64. The van der Waals surface area contributed by atoms with Gasteiger partial charge in [0.1, 0.15) is 0 Å². The van der Waals surface area contributed by atoms with Gasteiger partial charge in [0.05, 0.1) is 0 Å². The van der Waals surface area contributed by atoms with Gasteiger partial charge in [0.2, 0.25) is 0 Å². The van der Waals surface area contributed by atoms with Crippen LogP contribution in [0.1, 0.15) is 19.8 Å². The van der Waals surface area contributed by atoms with Crippen molar-refractivity contribution in [2.45, 2.75) is 19.8 Å². The summed E-state index contributed by atoms with van der Waals surface area (Å²) in [6.45, 7) is 4.65. The van der Waals surface area contributed by atoms with Crippen LogP contribution in [-0.2, 0) is 0 Å². The Labute approximate surface area is 121 Å². The van der Waals surface area contributed by atoms with Crippen molar-refractivity contribution in [2.75, 3.05) is 23.7 Å². The summed E-state index contributed by atoms with van der Waals surface area (Å²) in [4.78, 5) is 2.48.